The SMILES string of the molecule is CCNC(=O)N1CCSC12C(=O)N(Cc1ccccc1F)c1ccc(C)cc12. The molecule has 0 aromatic heterocycles. The number of amides is 3. The monoisotopic (exact) mass is 399 g/mol. The van der Waals surface area contributed by atoms with Crippen molar-refractivity contribution in [1.82, 2.24) is 10.2 Å². The lowest BCUT2D eigenvalue weighted by atomic mass is 10.0. The second-order valence-electron chi connectivity index (χ2n) is 6.98. The van der Waals surface area contributed by atoms with E-state index in [4.69, 9.17) is 0 Å². The van der Waals surface area contributed by atoms with Crippen LogP contribution < -0.4 is 10.2 Å². The first-order valence-electron chi connectivity index (χ1n) is 9.35. The topological polar surface area (TPSA) is 52.7 Å². The van der Waals surface area contributed by atoms with Crippen molar-refractivity contribution in [2.45, 2.75) is 25.3 Å². The number of halogens is 1. The molecule has 1 saturated heterocycles. The molecule has 2 aromatic carbocycles. The minimum absolute atomic E-state index is 0.132. The average Bonchev–Trinajstić information content (AvgIpc) is 3.21. The van der Waals surface area contributed by atoms with Crippen molar-refractivity contribution in [3.8, 4) is 0 Å². The zero-order valence-electron chi connectivity index (χ0n) is 15.9. The number of aryl methyl sites for hydroxylation is 1. The maximum absolute atomic E-state index is 14.3. The summed E-state index contributed by atoms with van der Waals surface area (Å²) < 4.78 is 14.3. The number of hydrogen-bond donors (Lipinski definition) is 1. The second-order valence-corrected chi connectivity index (χ2v) is 8.27. The van der Waals surface area contributed by atoms with Gasteiger partial charge < -0.3 is 10.2 Å². The normalized spacial score (nSPS) is 20.8. The molecule has 28 heavy (non-hydrogen) atoms. The third-order valence-electron chi connectivity index (χ3n) is 5.21. The molecule has 1 spiro atoms. The molecule has 1 fully saturated rings. The van der Waals surface area contributed by atoms with Crippen molar-refractivity contribution in [3.05, 3.63) is 65.0 Å². The lowest BCUT2D eigenvalue weighted by Crippen LogP contribution is -2.53. The van der Waals surface area contributed by atoms with E-state index in [-0.39, 0.29) is 24.3 Å². The number of anilines is 1. The summed E-state index contributed by atoms with van der Waals surface area (Å²) in [5, 5.41) is 2.82. The summed E-state index contributed by atoms with van der Waals surface area (Å²) >= 11 is 1.47. The number of benzene rings is 2. The molecular formula is C21H22FN3O2S. The van der Waals surface area contributed by atoms with Gasteiger partial charge in [0.15, 0.2) is 4.87 Å². The van der Waals surface area contributed by atoms with E-state index in [0.29, 0.717) is 24.4 Å². The molecule has 1 unspecified atom stereocenters. The third-order valence-corrected chi connectivity index (χ3v) is 6.63. The summed E-state index contributed by atoms with van der Waals surface area (Å²) in [4.78, 5) is 28.6. The average molecular weight is 399 g/mol. The van der Waals surface area contributed by atoms with E-state index in [9.17, 15) is 14.0 Å². The highest BCUT2D eigenvalue weighted by molar-refractivity contribution is 8.01. The number of thioether (sulfide) groups is 1. The van der Waals surface area contributed by atoms with Gasteiger partial charge in [0.2, 0.25) is 0 Å². The molecule has 0 saturated carbocycles. The lowest BCUT2D eigenvalue weighted by Gasteiger charge is -2.33. The Morgan fingerprint density at radius 1 is 1.29 bits per heavy atom. The van der Waals surface area contributed by atoms with Crippen LogP contribution in [-0.2, 0) is 16.2 Å². The summed E-state index contributed by atoms with van der Waals surface area (Å²) in [5.74, 6) is 0.138. The Hall–Kier alpha value is -2.54. The molecule has 3 amide bonds. The molecule has 2 heterocycles. The van der Waals surface area contributed by atoms with E-state index in [0.717, 1.165) is 16.8 Å². The van der Waals surface area contributed by atoms with Gasteiger partial charge in [-0.25, -0.2) is 9.18 Å². The van der Waals surface area contributed by atoms with Crippen LogP contribution in [0.3, 0.4) is 0 Å². The Labute approximate surface area is 167 Å². The van der Waals surface area contributed by atoms with Crippen LogP contribution in [-0.4, -0.2) is 35.7 Å². The maximum Gasteiger partial charge on any atom is 0.319 e. The van der Waals surface area contributed by atoms with Crippen molar-refractivity contribution in [3.63, 3.8) is 0 Å². The van der Waals surface area contributed by atoms with Crippen LogP contribution in [0.2, 0.25) is 0 Å². The third kappa shape index (κ3) is 2.76. The fraction of sp³-hybridized carbons (Fsp3) is 0.333. The highest BCUT2D eigenvalue weighted by Crippen LogP contribution is 2.54. The van der Waals surface area contributed by atoms with Gasteiger partial charge >= 0.3 is 6.03 Å². The smallest absolute Gasteiger partial charge is 0.319 e. The van der Waals surface area contributed by atoms with Gasteiger partial charge in [-0.15, -0.1) is 11.8 Å². The van der Waals surface area contributed by atoms with Gasteiger partial charge in [-0.2, -0.15) is 0 Å². The van der Waals surface area contributed by atoms with Crippen LogP contribution in [0.15, 0.2) is 42.5 Å². The molecule has 5 nitrogen and oxygen atoms in total. The molecule has 1 atom stereocenters. The van der Waals surface area contributed by atoms with Crippen molar-refractivity contribution in [2.75, 3.05) is 23.7 Å². The predicted molar refractivity (Wildman–Crippen MR) is 109 cm³/mol. The largest absolute Gasteiger partial charge is 0.338 e. The Morgan fingerprint density at radius 2 is 2.07 bits per heavy atom. The molecule has 0 bridgehead atoms. The number of carbonyl (C=O) groups excluding carboxylic acids is 2. The van der Waals surface area contributed by atoms with Gasteiger partial charge in [0, 0.05) is 30.0 Å². The molecule has 2 aromatic rings. The van der Waals surface area contributed by atoms with Gasteiger partial charge in [0.05, 0.1) is 12.2 Å². The molecule has 0 aliphatic carbocycles. The standard InChI is InChI=1S/C21H22FN3O2S/c1-3-23-20(27)25-10-11-28-21(25)16-12-14(2)8-9-18(16)24(19(21)26)13-15-6-4-5-7-17(15)22/h4-9,12H,3,10-11,13H2,1-2H3,(H,23,27). The van der Waals surface area contributed by atoms with Gasteiger partial charge in [-0.1, -0.05) is 35.9 Å². The molecule has 2 aliphatic rings. The molecule has 2 aliphatic heterocycles. The van der Waals surface area contributed by atoms with Crippen LogP contribution >= 0.6 is 11.8 Å². The van der Waals surface area contributed by atoms with Crippen molar-refractivity contribution >= 4 is 29.4 Å². The zero-order chi connectivity index (χ0) is 19.9. The molecule has 0 radical (unpaired) electrons. The van der Waals surface area contributed by atoms with Gasteiger partial charge in [-0.05, 0) is 26.0 Å². The fourth-order valence-corrected chi connectivity index (χ4v) is 5.38. The van der Waals surface area contributed by atoms with Crippen LogP contribution in [0.25, 0.3) is 0 Å². The minimum Gasteiger partial charge on any atom is -0.338 e. The Morgan fingerprint density at radius 3 is 2.82 bits per heavy atom. The first kappa shape index (κ1) is 18.8. The maximum atomic E-state index is 14.3. The van der Waals surface area contributed by atoms with Crippen molar-refractivity contribution in [2.24, 2.45) is 0 Å². The summed E-state index contributed by atoms with van der Waals surface area (Å²) in [6.45, 7) is 4.93. The number of hydrogen-bond acceptors (Lipinski definition) is 3. The number of nitrogens with zero attached hydrogens (tertiary/aromatic N) is 2. The minimum atomic E-state index is -1.09. The Kier molecular flexibility index (Phi) is 4.79. The van der Waals surface area contributed by atoms with E-state index in [1.54, 1.807) is 28.0 Å². The molecule has 146 valence electrons. The molecule has 1 N–H and O–H groups in total. The van der Waals surface area contributed by atoms with Crippen molar-refractivity contribution in [1.29, 1.82) is 0 Å². The quantitative estimate of drug-likeness (QED) is 0.858. The first-order chi connectivity index (χ1) is 13.5. The van der Waals surface area contributed by atoms with Crippen LogP contribution in [0, 0.1) is 12.7 Å². The Balaban J connectivity index is 1.81. The number of nitrogens with one attached hydrogen (secondary N) is 1. The number of rotatable bonds is 3. The van der Waals surface area contributed by atoms with Crippen LogP contribution in [0.4, 0.5) is 14.9 Å². The zero-order valence-corrected chi connectivity index (χ0v) is 16.7. The fourth-order valence-electron chi connectivity index (χ4n) is 3.93. The number of fused-ring (bicyclic) bond motifs is 2. The van der Waals surface area contributed by atoms with E-state index >= 15 is 0 Å². The summed E-state index contributed by atoms with van der Waals surface area (Å²) in [7, 11) is 0. The van der Waals surface area contributed by atoms with Gasteiger partial charge in [-0.3, -0.25) is 9.69 Å². The van der Waals surface area contributed by atoms with E-state index in [1.165, 1.54) is 17.8 Å². The van der Waals surface area contributed by atoms with Crippen molar-refractivity contribution < 1.29 is 14.0 Å². The second kappa shape index (κ2) is 7.13. The summed E-state index contributed by atoms with van der Waals surface area (Å²) in [6.07, 6.45) is 0. The van der Waals surface area contributed by atoms with E-state index in [2.05, 4.69) is 5.32 Å². The van der Waals surface area contributed by atoms with Crippen LogP contribution in [0.5, 0.6) is 0 Å². The molecule has 4 rings (SSSR count). The van der Waals surface area contributed by atoms with E-state index < -0.39 is 4.87 Å². The number of urea groups is 1. The first-order valence-corrected chi connectivity index (χ1v) is 10.3. The van der Waals surface area contributed by atoms with Gasteiger partial charge in [0.1, 0.15) is 5.82 Å². The lowest BCUT2D eigenvalue weighted by molar-refractivity contribution is -0.123. The predicted octanol–water partition coefficient (Wildman–Crippen LogP) is 3.61. The Bertz CT molecular complexity index is 951. The highest BCUT2D eigenvalue weighted by atomic mass is 32.2. The molecular weight excluding hydrogens is 377 g/mol. The highest BCUT2D eigenvalue weighted by Gasteiger charge is 2.59. The van der Waals surface area contributed by atoms with Crippen LogP contribution in [0.1, 0.15) is 23.6 Å². The molecule has 7 heteroatoms. The summed E-state index contributed by atoms with van der Waals surface area (Å²) in [6, 6.07) is 12.0. The van der Waals surface area contributed by atoms with E-state index in [1.807, 2.05) is 32.0 Å². The summed E-state index contributed by atoms with van der Waals surface area (Å²) in [5.41, 5.74) is 3.01. The number of carbonyl (C=O) groups is 2. The van der Waals surface area contributed by atoms with Gasteiger partial charge in [0.25, 0.3) is 5.91 Å².